The number of piperidine rings is 1. The highest BCUT2D eigenvalue weighted by Gasteiger charge is 2.40. The number of carbonyl (C=O) groups excluding carboxylic acids is 2. The molecule has 0 radical (unpaired) electrons. The third-order valence-corrected chi connectivity index (χ3v) is 8.09. The Bertz CT molecular complexity index is 1480. The van der Waals surface area contributed by atoms with Crippen molar-refractivity contribution in [3.63, 3.8) is 0 Å². The molecule has 8 heteroatoms. The van der Waals surface area contributed by atoms with E-state index in [0.717, 1.165) is 24.2 Å². The van der Waals surface area contributed by atoms with Crippen LogP contribution in [-0.4, -0.2) is 42.6 Å². The number of rotatable bonds is 3. The summed E-state index contributed by atoms with van der Waals surface area (Å²) in [5.74, 6) is 1.48. The number of aryl methyl sites for hydroxylation is 1. The second kappa shape index (κ2) is 7.80. The van der Waals surface area contributed by atoms with Gasteiger partial charge in [0.15, 0.2) is 0 Å². The number of terminal acetylenes is 1. The van der Waals surface area contributed by atoms with Gasteiger partial charge in [-0.15, -0.1) is 6.42 Å². The topological polar surface area (TPSA) is 87.7 Å². The predicted octanol–water partition coefficient (Wildman–Crippen LogP) is 3.50. The van der Waals surface area contributed by atoms with E-state index in [1.54, 1.807) is 37.3 Å². The number of pyridine rings is 1. The number of nitrogens with zero attached hydrogens (tertiary/aromatic N) is 3. The van der Waals surface area contributed by atoms with Gasteiger partial charge in [0.05, 0.1) is 32.9 Å². The zero-order valence-corrected chi connectivity index (χ0v) is 18.9. The molecule has 0 spiro atoms. The number of anilines is 1. The molecule has 0 aliphatic carbocycles. The van der Waals surface area contributed by atoms with Crippen LogP contribution in [0, 0.1) is 19.3 Å². The average Bonchev–Trinajstić information content (AvgIpc) is 3.10. The molecule has 2 aromatic carbocycles. The van der Waals surface area contributed by atoms with Gasteiger partial charge in [0.2, 0.25) is 10.0 Å². The van der Waals surface area contributed by atoms with Crippen LogP contribution in [0.25, 0.3) is 10.9 Å². The maximum Gasteiger partial charge on any atom is 0.268 e. The Morgan fingerprint density at radius 2 is 1.70 bits per heavy atom. The Balaban J connectivity index is 1.67. The van der Waals surface area contributed by atoms with Crippen LogP contribution in [-0.2, 0) is 10.0 Å². The summed E-state index contributed by atoms with van der Waals surface area (Å²) >= 11 is 0. The van der Waals surface area contributed by atoms with Crippen molar-refractivity contribution in [2.24, 2.45) is 0 Å². The molecule has 166 valence electrons. The van der Waals surface area contributed by atoms with Gasteiger partial charge in [-0.05, 0) is 56.2 Å². The minimum Gasteiger partial charge on any atom is -0.268 e. The van der Waals surface area contributed by atoms with Gasteiger partial charge in [-0.1, -0.05) is 18.4 Å². The van der Waals surface area contributed by atoms with Gasteiger partial charge in [0.1, 0.15) is 0 Å². The van der Waals surface area contributed by atoms with E-state index in [-0.39, 0.29) is 16.0 Å². The normalized spacial score (nSPS) is 16.8. The van der Waals surface area contributed by atoms with Crippen molar-refractivity contribution >= 4 is 38.4 Å². The molecule has 1 fully saturated rings. The fourth-order valence-corrected chi connectivity index (χ4v) is 6.09. The lowest BCUT2D eigenvalue weighted by atomic mass is 10.0. The van der Waals surface area contributed by atoms with Gasteiger partial charge in [0.25, 0.3) is 11.8 Å². The van der Waals surface area contributed by atoms with Crippen molar-refractivity contribution in [3.8, 4) is 12.3 Å². The summed E-state index contributed by atoms with van der Waals surface area (Å²) in [5.41, 5.74) is 2.14. The Hall–Kier alpha value is -3.54. The third-order valence-electron chi connectivity index (χ3n) is 6.20. The number of amides is 2. The molecule has 5 rings (SSSR count). The van der Waals surface area contributed by atoms with Crippen molar-refractivity contribution in [3.05, 3.63) is 64.8 Å². The lowest BCUT2D eigenvalue weighted by Crippen LogP contribution is -2.35. The molecule has 3 heterocycles. The van der Waals surface area contributed by atoms with Crippen molar-refractivity contribution < 1.29 is 18.0 Å². The zero-order valence-electron chi connectivity index (χ0n) is 18.0. The second-order valence-corrected chi connectivity index (χ2v) is 10.2. The fourth-order valence-electron chi connectivity index (χ4n) is 4.55. The van der Waals surface area contributed by atoms with Crippen LogP contribution in [0.15, 0.2) is 47.4 Å². The molecule has 1 saturated heterocycles. The first-order chi connectivity index (χ1) is 15.8. The van der Waals surface area contributed by atoms with E-state index in [1.807, 2.05) is 0 Å². The summed E-state index contributed by atoms with van der Waals surface area (Å²) in [6.07, 6.45) is 8.13. The quantitative estimate of drug-likeness (QED) is 0.442. The fraction of sp³-hybridized carbons (Fsp3) is 0.240. The van der Waals surface area contributed by atoms with Gasteiger partial charge in [-0.25, -0.2) is 13.3 Å². The van der Waals surface area contributed by atoms with Crippen LogP contribution in [0.2, 0.25) is 0 Å². The van der Waals surface area contributed by atoms with E-state index in [0.29, 0.717) is 40.9 Å². The first-order valence-electron chi connectivity index (χ1n) is 10.7. The molecule has 1 aromatic heterocycles. The largest absolute Gasteiger partial charge is 0.268 e. The average molecular weight is 460 g/mol. The van der Waals surface area contributed by atoms with Crippen LogP contribution in [0.5, 0.6) is 0 Å². The Labute approximate surface area is 192 Å². The molecule has 0 bridgehead atoms. The molecule has 2 amide bonds. The summed E-state index contributed by atoms with van der Waals surface area (Å²) < 4.78 is 27.9. The lowest BCUT2D eigenvalue weighted by molar-refractivity contribution is 0.0926. The molecule has 33 heavy (non-hydrogen) atoms. The predicted molar refractivity (Wildman–Crippen MR) is 125 cm³/mol. The van der Waals surface area contributed by atoms with E-state index in [9.17, 15) is 18.0 Å². The first-order valence-corrected chi connectivity index (χ1v) is 12.2. The molecular weight excluding hydrogens is 438 g/mol. The summed E-state index contributed by atoms with van der Waals surface area (Å²) in [6, 6.07) is 11.2. The first kappa shape index (κ1) is 21.3. The molecule has 0 N–H and O–H groups in total. The summed E-state index contributed by atoms with van der Waals surface area (Å²) in [6.45, 7) is 2.62. The number of carbonyl (C=O) groups is 2. The van der Waals surface area contributed by atoms with Gasteiger partial charge < -0.3 is 0 Å². The molecule has 0 saturated carbocycles. The zero-order chi connectivity index (χ0) is 23.3. The highest BCUT2D eigenvalue weighted by molar-refractivity contribution is 7.89. The Morgan fingerprint density at radius 3 is 2.42 bits per heavy atom. The number of hydrogen-bond donors (Lipinski definition) is 0. The van der Waals surface area contributed by atoms with E-state index >= 15 is 0 Å². The number of hydrogen-bond acceptors (Lipinski definition) is 5. The number of aromatic nitrogens is 1. The maximum absolute atomic E-state index is 13.5. The number of benzene rings is 2. The summed E-state index contributed by atoms with van der Waals surface area (Å²) in [5, 5.41) is 0.350. The molecule has 3 aromatic rings. The van der Waals surface area contributed by atoms with E-state index < -0.39 is 21.8 Å². The van der Waals surface area contributed by atoms with Crippen molar-refractivity contribution in [2.45, 2.75) is 31.1 Å². The molecule has 0 atom stereocenters. The van der Waals surface area contributed by atoms with Crippen LogP contribution in [0.4, 0.5) is 5.69 Å². The van der Waals surface area contributed by atoms with Gasteiger partial charge in [-0.2, -0.15) is 4.31 Å². The van der Waals surface area contributed by atoms with Gasteiger partial charge in [0, 0.05) is 24.0 Å². The second-order valence-electron chi connectivity index (χ2n) is 8.23. The van der Waals surface area contributed by atoms with Gasteiger partial charge >= 0.3 is 0 Å². The number of fused-ring (bicyclic) bond motifs is 3. The molecular formula is C25H21N3O4S. The highest BCUT2D eigenvalue weighted by atomic mass is 32.2. The van der Waals surface area contributed by atoms with E-state index in [1.165, 1.54) is 16.4 Å². The Morgan fingerprint density at radius 1 is 0.970 bits per heavy atom. The number of imide groups is 1. The lowest BCUT2D eigenvalue weighted by Gasteiger charge is -2.26. The van der Waals surface area contributed by atoms with E-state index in [4.69, 9.17) is 6.42 Å². The van der Waals surface area contributed by atoms with Crippen LogP contribution < -0.4 is 4.90 Å². The SMILES string of the molecule is C#Cc1cccc(N2C(=O)c3c(C)nc4ccc(S(=O)(=O)N5CCCCC5)cc4c3C2=O)c1. The monoisotopic (exact) mass is 459 g/mol. The minimum atomic E-state index is -3.71. The summed E-state index contributed by atoms with van der Waals surface area (Å²) in [4.78, 5) is 32.4. The van der Waals surface area contributed by atoms with Crippen molar-refractivity contribution in [1.29, 1.82) is 0 Å². The third kappa shape index (κ3) is 3.32. The van der Waals surface area contributed by atoms with Crippen LogP contribution in [0.3, 0.4) is 0 Å². The van der Waals surface area contributed by atoms with Gasteiger partial charge in [-0.3, -0.25) is 14.6 Å². The van der Waals surface area contributed by atoms with E-state index in [2.05, 4.69) is 10.9 Å². The standard InChI is InChI=1S/C25H21N3O4S/c1-3-17-8-7-9-18(14-17)28-24(29)22-16(2)26-21-11-10-19(15-20(21)23(22)25(28)30)33(31,32)27-12-5-4-6-13-27/h1,7-11,14-15H,4-6,12-13H2,2H3. The van der Waals surface area contributed by atoms with Crippen molar-refractivity contribution in [1.82, 2.24) is 9.29 Å². The molecule has 7 nitrogen and oxygen atoms in total. The Kier molecular flexibility index (Phi) is 5.04. The number of sulfonamides is 1. The maximum atomic E-state index is 13.5. The van der Waals surface area contributed by atoms with Crippen LogP contribution >= 0.6 is 0 Å². The molecule has 2 aliphatic rings. The highest BCUT2D eigenvalue weighted by Crippen LogP contribution is 2.36. The molecule has 2 aliphatic heterocycles. The minimum absolute atomic E-state index is 0.0952. The molecule has 0 unspecified atom stereocenters. The smallest absolute Gasteiger partial charge is 0.268 e. The summed E-state index contributed by atoms with van der Waals surface area (Å²) in [7, 11) is -3.71. The van der Waals surface area contributed by atoms with Crippen molar-refractivity contribution in [2.75, 3.05) is 18.0 Å². The van der Waals surface area contributed by atoms with Crippen LogP contribution in [0.1, 0.15) is 51.2 Å².